The highest BCUT2D eigenvalue weighted by Crippen LogP contribution is 2.13. The molecule has 2 amide bonds. The molecule has 1 heterocycles. The lowest BCUT2D eigenvalue weighted by molar-refractivity contribution is -0.133. The van der Waals surface area contributed by atoms with E-state index in [2.05, 4.69) is 5.32 Å². The molecule has 0 spiro atoms. The van der Waals surface area contributed by atoms with Gasteiger partial charge in [0, 0.05) is 13.0 Å². The Morgan fingerprint density at radius 2 is 2.10 bits per heavy atom. The van der Waals surface area contributed by atoms with Crippen LogP contribution in [0.1, 0.15) is 24.0 Å². The van der Waals surface area contributed by atoms with Crippen LogP contribution in [0, 0.1) is 6.92 Å². The van der Waals surface area contributed by atoms with Crippen molar-refractivity contribution in [2.45, 2.75) is 38.3 Å². The molecule has 1 aliphatic heterocycles. The first kappa shape index (κ1) is 14.5. The van der Waals surface area contributed by atoms with Crippen molar-refractivity contribution in [3.05, 3.63) is 35.4 Å². The predicted molar refractivity (Wildman–Crippen MR) is 75.0 cm³/mol. The summed E-state index contributed by atoms with van der Waals surface area (Å²) in [5, 5.41) is 2.68. The summed E-state index contributed by atoms with van der Waals surface area (Å²) >= 11 is 0. The molecule has 1 fully saturated rings. The topological polar surface area (TPSA) is 81.4 Å². The van der Waals surface area contributed by atoms with Crippen LogP contribution < -0.4 is 11.1 Å². The first-order valence-corrected chi connectivity index (χ1v) is 6.83. The fourth-order valence-electron chi connectivity index (χ4n) is 2.23. The summed E-state index contributed by atoms with van der Waals surface area (Å²) < 4.78 is 5.30. The van der Waals surface area contributed by atoms with E-state index >= 15 is 0 Å². The number of carbonyl (C=O) groups is 2. The van der Waals surface area contributed by atoms with E-state index in [9.17, 15) is 9.59 Å². The number of rotatable bonds is 5. The molecular formula is C15H20N2O3. The minimum absolute atomic E-state index is 0.251. The number of aryl methyl sites for hydroxylation is 1. The SMILES string of the molecule is Cc1ccc(C[C@H](NC(=O)[C@@H]2CCCO2)C(N)=O)cc1. The van der Waals surface area contributed by atoms with Gasteiger partial charge in [-0.1, -0.05) is 29.8 Å². The van der Waals surface area contributed by atoms with Gasteiger partial charge in [0.25, 0.3) is 0 Å². The fraction of sp³-hybridized carbons (Fsp3) is 0.467. The van der Waals surface area contributed by atoms with Crippen molar-refractivity contribution in [1.29, 1.82) is 0 Å². The van der Waals surface area contributed by atoms with Gasteiger partial charge < -0.3 is 15.8 Å². The van der Waals surface area contributed by atoms with Crippen LogP contribution in [0.5, 0.6) is 0 Å². The van der Waals surface area contributed by atoms with E-state index < -0.39 is 18.1 Å². The lowest BCUT2D eigenvalue weighted by Gasteiger charge is -2.18. The molecule has 5 nitrogen and oxygen atoms in total. The van der Waals surface area contributed by atoms with Crippen LogP contribution in [0.15, 0.2) is 24.3 Å². The Morgan fingerprint density at radius 1 is 1.40 bits per heavy atom. The van der Waals surface area contributed by atoms with E-state index in [1.165, 1.54) is 0 Å². The molecule has 0 radical (unpaired) electrons. The Bertz CT molecular complexity index is 478. The largest absolute Gasteiger partial charge is 0.368 e. The van der Waals surface area contributed by atoms with E-state index in [-0.39, 0.29) is 5.91 Å². The van der Waals surface area contributed by atoms with Crippen LogP contribution in [-0.4, -0.2) is 30.6 Å². The lowest BCUT2D eigenvalue weighted by Crippen LogP contribution is -2.49. The molecule has 0 unspecified atom stereocenters. The Morgan fingerprint density at radius 3 is 2.65 bits per heavy atom. The fourth-order valence-corrected chi connectivity index (χ4v) is 2.23. The average Bonchev–Trinajstić information content (AvgIpc) is 2.94. The maximum atomic E-state index is 12.0. The molecule has 0 aliphatic carbocycles. The van der Waals surface area contributed by atoms with E-state index in [0.29, 0.717) is 19.4 Å². The second kappa shape index (κ2) is 6.52. The van der Waals surface area contributed by atoms with Gasteiger partial charge in [0.05, 0.1) is 0 Å². The van der Waals surface area contributed by atoms with Crippen molar-refractivity contribution in [3.8, 4) is 0 Å². The summed E-state index contributed by atoms with van der Waals surface area (Å²) in [6.45, 7) is 2.59. The monoisotopic (exact) mass is 276 g/mol. The predicted octanol–water partition coefficient (Wildman–Crippen LogP) is 0.687. The molecule has 2 rings (SSSR count). The van der Waals surface area contributed by atoms with Gasteiger partial charge in [-0.3, -0.25) is 9.59 Å². The molecule has 1 aromatic carbocycles. The molecule has 20 heavy (non-hydrogen) atoms. The molecule has 5 heteroatoms. The summed E-state index contributed by atoms with van der Waals surface area (Å²) in [6, 6.07) is 7.10. The van der Waals surface area contributed by atoms with Gasteiger partial charge in [-0.15, -0.1) is 0 Å². The van der Waals surface area contributed by atoms with E-state index in [0.717, 1.165) is 17.5 Å². The van der Waals surface area contributed by atoms with Crippen molar-refractivity contribution >= 4 is 11.8 Å². The van der Waals surface area contributed by atoms with Gasteiger partial charge in [0.2, 0.25) is 11.8 Å². The quantitative estimate of drug-likeness (QED) is 0.830. The number of carbonyl (C=O) groups excluding carboxylic acids is 2. The molecule has 1 aromatic rings. The van der Waals surface area contributed by atoms with E-state index in [1.54, 1.807) is 0 Å². The third kappa shape index (κ3) is 3.81. The maximum absolute atomic E-state index is 12.0. The van der Waals surface area contributed by atoms with Crippen LogP contribution in [0.3, 0.4) is 0 Å². The normalized spacial score (nSPS) is 19.6. The molecule has 1 aliphatic rings. The van der Waals surface area contributed by atoms with Gasteiger partial charge >= 0.3 is 0 Å². The number of amides is 2. The summed E-state index contributed by atoms with van der Waals surface area (Å²) in [6.07, 6.45) is 1.52. The average molecular weight is 276 g/mol. The molecule has 0 saturated carbocycles. The van der Waals surface area contributed by atoms with E-state index in [1.807, 2.05) is 31.2 Å². The van der Waals surface area contributed by atoms with Crippen LogP contribution in [0.25, 0.3) is 0 Å². The number of ether oxygens (including phenoxy) is 1. The van der Waals surface area contributed by atoms with Gasteiger partial charge in [-0.25, -0.2) is 0 Å². The number of nitrogens with one attached hydrogen (secondary N) is 1. The van der Waals surface area contributed by atoms with Crippen molar-refractivity contribution in [1.82, 2.24) is 5.32 Å². The summed E-state index contributed by atoms with van der Waals surface area (Å²) in [7, 11) is 0. The Hall–Kier alpha value is -1.88. The van der Waals surface area contributed by atoms with Crippen molar-refractivity contribution in [2.24, 2.45) is 5.73 Å². The first-order chi connectivity index (χ1) is 9.56. The van der Waals surface area contributed by atoms with Crippen LogP contribution in [-0.2, 0) is 20.7 Å². The smallest absolute Gasteiger partial charge is 0.249 e. The number of primary amides is 1. The van der Waals surface area contributed by atoms with Gasteiger partial charge in [-0.05, 0) is 25.3 Å². The highest BCUT2D eigenvalue weighted by molar-refractivity contribution is 5.88. The minimum Gasteiger partial charge on any atom is -0.368 e. The molecule has 1 saturated heterocycles. The Labute approximate surface area is 118 Å². The van der Waals surface area contributed by atoms with Crippen molar-refractivity contribution < 1.29 is 14.3 Å². The van der Waals surface area contributed by atoms with Gasteiger partial charge in [0.1, 0.15) is 12.1 Å². The van der Waals surface area contributed by atoms with E-state index in [4.69, 9.17) is 10.5 Å². The third-order valence-corrected chi connectivity index (χ3v) is 3.44. The molecular weight excluding hydrogens is 256 g/mol. The highest BCUT2D eigenvalue weighted by Gasteiger charge is 2.27. The zero-order valence-electron chi connectivity index (χ0n) is 11.6. The maximum Gasteiger partial charge on any atom is 0.249 e. The van der Waals surface area contributed by atoms with Crippen molar-refractivity contribution in [2.75, 3.05) is 6.61 Å². The summed E-state index contributed by atoms with van der Waals surface area (Å²) in [5.41, 5.74) is 7.48. The molecule has 0 aromatic heterocycles. The minimum atomic E-state index is -0.700. The lowest BCUT2D eigenvalue weighted by atomic mass is 10.0. The number of hydrogen-bond acceptors (Lipinski definition) is 3. The zero-order valence-corrected chi connectivity index (χ0v) is 11.6. The van der Waals surface area contributed by atoms with Crippen LogP contribution in [0.4, 0.5) is 0 Å². The van der Waals surface area contributed by atoms with Crippen LogP contribution >= 0.6 is 0 Å². The second-order valence-electron chi connectivity index (χ2n) is 5.15. The highest BCUT2D eigenvalue weighted by atomic mass is 16.5. The standard InChI is InChI=1S/C15H20N2O3/c1-10-4-6-11(7-5-10)9-12(14(16)18)17-15(19)13-3-2-8-20-13/h4-7,12-13H,2-3,8-9H2,1H3,(H2,16,18)(H,17,19)/t12-,13-/m0/s1. The van der Waals surface area contributed by atoms with Gasteiger partial charge in [0.15, 0.2) is 0 Å². The summed E-state index contributed by atoms with van der Waals surface area (Å²) in [4.78, 5) is 23.4. The summed E-state index contributed by atoms with van der Waals surface area (Å²) in [5.74, 6) is -0.782. The zero-order chi connectivity index (χ0) is 14.5. The molecule has 108 valence electrons. The Balaban J connectivity index is 1.98. The number of hydrogen-bond donors (Lipinski definition) is 2. The first-order valence-electron chi connectivity index (χ1n) is 6.83. The number of benzene rings is 1. The van der Waals surface area contributed by atoms with Crippen LogP contribution in [0.2, 0.25) is 0 Å². The molecule has 2 atom stereocenters. The molecule has 3 N–H and O–H groups in total. The molecule has 0 bridgehead atoms. The number of nitrogens with two attached hydrogens (primary N) is 1. The van der Waals surface area contributed by atoms with Gasteiger partial charge in [-0.2, -0.15) is 0 Å². The third-order valence-electron chi connectivity index (χ3n) is 3.44. The Kier molecular flexibility index (Phi) is 4.74. The van der Waals surface area contributed by atoms with Crippen molar-refractivity contribution in [3.63, 3.8) is 0 Å². The second-order valence-corrected chi connectivity index (χ2v) is 5.15.